The molecule has 0 bridgehead atoms. The van der Waals surface area contributed by atoms with Crippen molar-refractivity contribution in [2.45, 2.75) is 19.4 Å². The molecule has 1 heterocycles. The molecule has 24 heavy (non-hydrogen) atoms. The summed E-state index contributed by atoms with van der Waals surface area (Å²) in [5.41, 5.74) is -0.448. The number of thiol groups is 1. The van der Waals surface area contributed by atoms with Crippen LogP contribution in [0.3, 0.4) is 0 Å². The summed E-state index contributed by atoms with van der Waals surface area (Å²) in [4.78, 5) is 12.1. The molecule has 0 saturated heterocycles. The standard InChI is InChI=1S/C12H14ClF2N5O3S/c13-9-7-10(15)11(6-8(9)2-4-16-24(22)23)20-12(21)19(17-18-20)5-1-3-14/h6-7,24H,1-5H2,(H,16,22,23). The van der Waals surface area contributed by atoms with Crippen LogP contribution < -0.4 is 10.4 Å². The topological polar surface area (TPSA) is 98.9 Å². The molecule has 1 aromatic carbocycles. The first-order chi connectivity index (χ1) is 11.4. The maximum atomic E-state index is 14.1. The Morgan fingerprint density at radius 2 is 2.04 bits per heavy atom. The Kier molecular flexibility index (Phi) is 6.40. The summed E-state index contributed by atoms with van der Waals surface area (Å²) in [7, 11) is -2.75. The van der Waals surface area contributed by atoms with Crippen LogP contribution in [0.5, 0.6) is 0 Å². The molecule has 0 saturated carbocycles. The van der Waals surface area contributed by atoms with E-state index in [1.165, 1.54) is 6.07 Å². The Morgan fingerprint density at radius 3 is 2.71 bits per heavy atom. The van der Waals surface area contributed by atoms with Crippen molar-refractivity contribution in [3.05, 3.63) is 39.0 Å². The van der Waals surface area contributed by atoms with E-state index in [1.54, 1.807) is 0 Å². The lowest BCUT2D eigenvalue weighted by Gasteiger charge is -2.08. The number of hydrogen-bond acceptors (Lipinski definition) is 5. The van der Waals surface area contributed by atoms with Crippen molar-refractivity contribution >= 4 is 22.5 Å². The van der Waals surface area contributed by atoms with Gasteiger partial charge in [-0.15, -0.1) is 0 Å². The molecule has 0 amide bonds. The van der Waals surface area contributed by atoms with Crippen molar-refractivity contribution < 1.29 is 17.2 Å². The number of tetrazole rings is 1. The molecular formula is C12H14ClF2N5O3S. The number of aryl methyl sites for hydroxylation is 1. The number of aromatic nitrogens is 4. The number of alkyl halides is 1. The van der Waals surface area contributed by atoms with Crippen molar-refractivity contribution in [2.24, 2.45) is 0 Å². The molecule has 0 aliphatic carbocycles. The summed E-state index contributed by atoms with van der Waals surface area (Å²) >= 11 is 5.93. The lowest BCUT2D eigenvalue weighted by atomic mass is 10.1. The molecule has 0 fully saturated rings. The normalized spacial score (nSPS) is 11.3. The molecule has 2 aromatic rings. The Balaban J connectivity index is 2.33. The summed E-state index contributed by atoms with van der Waals surface area (Å²) in [6.07, 6.45) is 0.284. The monoisotopic (exact) mass is 381 g/mol. The lowest BCUT2D eigenvalue weighted by molar-refractivity contribution is 0.427. The molecule has 2 rings (SSSR count). The van der Waals surface area contributed by atoms with Crippen LogP contribution in [-0.4, -0.2) is 41.4 Å². The van der Waals surface area contributed by atoms with Gasteiger partial charge in [0, 0.05) is 11.6 Å². The van der Waals surface area contributed by atoms with Crippen LogP contribution in [0.4, 0.5) is 8.78 Å². The number of benzene rings is 1. The smallest absolute Gasteiger partial charge is 0.251 e. The van der Waals surface area contributed by atoms with Crippen LogP contribution in [0.2, 0.25) is 5.02 Å². The molecule has 0 aliphatic heterocycles. The summed E-state index contributed by atoms with van der Waals surface area (Å²) in [6, 6.07) is 2.31. The molecule has 12 heteroatoms. The fraction of sp³-hybridized carbons (Fsp3) is 0.417. The average Bonchev–Trinajstić information content (AvgIpc) is 2.88. The summed E-state index contributed by atoms with van der Waals surface area (Å²) in [6.45, 7) is -0.521. The van der Waals surface area contributed by atoms with Gasteiger partial charge < -0.3 is 0 Å². The van der Waals surface area contributed by atoms with E-state index in [-0.39, 0.29) is 36.6 Å². The van der Waals surface area contributed by atoms with E-state index in [1.807, 2.05) is 0 Å². The first kappa shape index (κ1) is 18.5. The summed E-state index contributed by atoms with van der Waals surface area (Å²) < 4.78 is 51.1. The van der Waals surface area contributed by atoms with Gasteiger partial charge in [0.25, 0.3) is 0 Å². The Bertz CT molecular complexity index is 844. The number of nitrogens with zero attached hydrogens (tertiary/aromatic N) is 4. The minimum absolute atomic E-state index is 0.0257. The maximum Gasteiger partial charge on any atom is 0.368 e. The van der Waals surface area contributed by atoms with Gasteiger partial charge in [-0.25, -0.2) is 22.3 Å². The van der Waals surface area contributed by atoms with E-state index in [0.29, 0.717) is 5.56 Å². The molecule has 0 spiro atoms. The summed E-state index contributed by atoms with van der Waals surface area (Å²) in [5.74, 6) is -0.786. The Hall–Kier alpha value is -1.85. The highest BCUT2D eigenvalue weighted by Crippen LogP contribution is 2.22. The van der Waals surface area contributed by atoms with Gasteiger partial charge in [-0.2, -0.15) is 9.36 Å². The third kappa shape index (κ3) is 4.36. The molecule has 0 atom stereocenters. The molecule has 0 unspecified atom stereocenters. The second-order valence-electron chi connectivity index (χ2n) is 4.75. The van der Waals surface area contributed by atoms with Crippen LogP contribution in [0.25, 0.3) is 5.69 Å². The Labute approximate surface area is 142 Å². The fourth-order valence-electron chi connectivity index (χ4n) is 1.99. The highest BCUT2D eigenvalue weighted by Gasteiger charge is 2.15. The zero-order valence-corrected chi connectivity index (χ0v) is 13.9. The number of halogens is 3. The van der Waals surface area contributed by atoms with Gasteiger partial charge in [-0.05, 0) is 41.0 Å². The van der Waals surface area contributed by atoms with E-state index in [9.17, 15) is 22.0 Å². The van der Waals surface area contributed by atoms with Crippen LogP contribution in [0.15, 0.2) is 16.9 Å². The van der Waals surface area contributed by atoms with Gasteiger partial charge in [-0.1, -0.05) is 11.6 Å². The largest absolute Gasteiger partial charge is 0.368 e. The first-order valence-electron chi connectivity index (χ1n) is 6.89. The van der Waals surface area contributed by atoms with E-state index < -0.39 is 29.1 Å². The van der Waals surface area contributed by atoms with Crippen LogP contribution in [-0.2, 0) is 23.9 Å². The van der Waals surface area contributed by atoms with E-state index in [4.69, 9.17) is 11.6 Å². The zero-order valence-electron chi connectivity index (χ0n) is 12.3. The van der Waals surface area contributed by atoms with Gasteiger partial charge in [0.15, 0.2) is 5.82 Å². The quantitative estimate of drug-likeness (QED) is 0.638. The van der Waals surface area contributed by atoms with Crippen LogP contribution >= 0.6 is 11.6 Å². The SMILES string of the molecule is O=c1n(CCCF)nnn1-c1cc(CCN[SH](=O)=O)c(Cl)cc1F. The van der Waals surface area contributed by atoms with Gasteiger partial charge >= 0.3 is 5.69 Å². The molecule has 1 aromatic heterocycles. The lowest BCUT2D eigenvalue weighted by Crippen LogP contribution is -2.25. The third-order valence-corrected chi connectivity index (χ3v) is 3.96. The summed E-state index contributed by atoms with van der Waals surface area (Å²) in [5, 5.41) is 7.24. The highest BCUT2D eigenvalue weighted by atomic mass is 35.5. The first-order valence-corrected chi connectivity index (χ1v) is 8.44. The molecule has 1 N–H and O–H groups in total. The minimum atomic E-state index is -2.75. The predicted octanol–water partition coefficient (Wildman–Crippen LogP) is 0.240. The molecule has 8 nitrogen and oxygen atoms in total. The van der Waals surface area contributed by atoms with Gasteiger partial charge in [0.1, 0.15) is 5.69 Å². The minimum Gasteiger partial charge on any atom is -0.251 e. The van der Waals surface area contributed by atoms with E-state index >= 15 is 0 Å². The highest BCUT2D eigenvalue weighted by molar-refractivity contribution is 7.70. The maximum absolute atomic E-state index is 14.1. The average molecular weight is 382 g/mol. The van der Waals surface area contributed by atoms with Gasteiger partial charge in [0.05, 0.1) is 13.2 Å². The zero-order chi connectivity index (χ0) is 17.7. The van der Waals surface area contributed by atoms with Crippen molar-refractivity contribution in [2.75, 3.05) is 13.2 Å². The van der Waals surface area contributed by atoms with Crippen molar-refractivity contribution in [1.29, 1.82) is 0 Å². The fourth-order valence-corrected chi connectivity index (χ4v) is 2.53. The second-order valence-corrected chi connectivity index (χ2v) is 5.99. The van der Waals surface area contributed by atoms with Crippen molar-refractivity contribution in [3.63, 3.8) is 0 Å². The van der Waals surface area contributed by atoms with E-state index in [0.717, 1.165) is 15.4 Å². The molecule has 132 valence electrons. The molecule has 0 radical (unpaired) electrons. The van der Waals surface area contributed by atoms with Gasteiger partial charge in [-0.3, -0.25) is 4.39 Å². The second kappa shape index (κ2) is 8.31. The van der Waals surface area contributed by atoms with Crippen molar-refractivity contribution in [3.8, 4) is 5.69 Å². The van der Waals surface area contributed by atoms with Crippen LogP contribution in [0.1, 0.15) is 12.0 Å². The molecular weight excluding hydrogens is 368 g/mol. The predicted molar refractivity (Wildman–Crippen MR) is 83.2 cm³/mol. The Morgan fingerprint density at radius 1 is 1.29 bits per heavy atom. The number of hydrogen-bond donors (Lipinski definition) is 2. The number of nitrogens with one attached hydrogen (secondary N) is 1. The van der Waals surface area contributed by atoms with E-state index in [2.05, 4.69) is 15.1 Å². The van der Waals surface area contributed by atoms with Crippen LogP contribution in [0, 0.1) is 5.82 Å². The number of rotatable bonds is 8. The third-order valence-electron chi connectivity index (χ3n) is 3.12. The van der Waals surface area contributed by atoms with Gasteiger partial charge in [0.2, 0.25) is 10.9 Å². The molecule has 0 aliphatic rings. The van der Waals surface area contributed by atoms with Crippen molar-refractivity contribution in [1.82, 2.24) is 24.5 Å².